The Labute approximate surface area is 183 Å². The van der Waals surface area contributed by atoms with E-state index in [0.717, 1.165) is 40.7 Å². The number of benzene rings is 2. The maximum atomic E-state index is 5.98. The first kappa shape index (κ1) is 21.3. The summed E-state index contributed by atoms with van der Waals surface area (Å²) in [6, 6.07) is 13.8. The van der Waals surface area contributed by atoms with E-state index in [-0.39, 0.29) is 0 Å². The second-order valence-electron chi connectivity index (χ2n) is 6.41. The van der Waals surface area contributed by atoms with Gasteiger partial charge in [-0.2, -0.15) is 14.9 Å². The van der Waals surface area contributed by atoms with E-state index in [1.54, 1.807) is 18.0 Å². The van der Waals surface area contributed by atoms with Gasteiger partial charge in [-0.15, -0.1) is 0 Å². The van der Waals surface area contributed by atoms with E-state index in [9.17, 15) is 0 Å². The molecule has 0 aliphatic rings. The highest BCUT2D eigenvalue weighted by atomic mass is 79.9. The van der Waals surface area contributed by atoms with Gasteiger partial charge < -0.3 is 9.47 Å². The summed E-state index contributed by atoms with van der Waals surface area (Å²) in [6.07, 6.45) is 4.66. The molecule has 0 spiro atoms. The minimum absolute atomic E-state index is 0.453. The number of aryl methyl sites for hydroxylation is 1. The van der Waals surface area contributed by atoms with Crippen LogP contribution in [-0.4, -0.2) is 28.2 Å². The van der Waals surface area contributed by atoms with Crippen LogP contribution in [0.5, 0.6) is 11.5 Å². The zero-order valence-corrected chi connectivity index (χ0v) is 18.8. The molecule has 0 saturated carbocycles. The summed E-state index contributed by atoms with van der Waals surface area (Å²) in [5.41, 5.74) is 1.94. The fourth-order valence-corrected chi connectivity index (χ4v) is 3.52. The molecule has 29 heavy (non-hydrogen) atoms. The minimum Gasteiger partial charge on any atom is -0.493 e. The van der Waals surface area contributed by atoms with Crippen LogP contribution >= 0.6 is 28.1 Å². The average Bonchev–Trinajstić information content (AvgIpc) is 3.09. The van der Waals surface area contributed by atoms with E-state index >= 15 is 0 Å². The maximum absolute atomic E-state index is 5.98. The highest BCUT2D eigenvalue weighted by Gasteiger charge is 2.12. The molecule has 0 fully saturated rings. The van der Waals surface area contributed by atoms with Crippen molar-refractivity contribution >= 4 is 34.4 Å². The first-order valence-corrected chi connectivity index (χ1v) is 10.6. The molecular weight excluding hydrogens is 452 g/mol. The maximum Gasteiger partial charge on any atom is 0.216 e. The van der Waals surface area contributed by atoms with E-state index in [1.807, 2.05) is 42.5 Å². The van der Waals surface area contributed by atoms with Gasteiger partial charge in [0.05, 0.1) is 17.8 Å². The second-order valence-corrected chi connectivity index (χ2v) is 7.65. The zero-order valence-electron chi connectivity index (χ0n) is 16.4. The predicted molar refractivity (Wildman–Crippen MR) is 120 cm³/mol. The number of halogens is 1. The number of aromatic amines is 1. The summed E-state index contributed by atoms with van der Waals surface area (Å²) in [6.45, 7) is 2.59. The Kier molecular flexibility index (Phi) is 7.60. The van der Waals surface area contributed by atoms with Crippen molar-refractivity contribution in [3.63, 3.8) is 0 Å². The number of nitrogens with zero attached hydrogens (tertiary/aromatic N) is 3. The molecule has 1 N–H and O–H groups in total. The fourth-order valence-electron chi connectivity index (χ4n) is 2.75. The molecule has 0 radical (unpaired) electrons. The summed E-state index contributed by atoms with van der Waals surface area (Å²) in [4.78, 5) is 0. The van der Waals surface area contributed by atoms with E-state index < -0.39 is 0 Å². The van der Waals surface area contributed by atoms with Gasteiger partial charge in [-0.3, -0.25) is 5.10 Å². The van der Waals surface area contributed by atoms with Crippen LogP contribution in [0.25, 0.3) is 0 Å². The highest BCUT2D eigenvalue weighted by molar-refractivity contribution is 9.10. The molecule has 152 valence electrons. The van der Waals surface area contributed by atoms with Gasteiger partial charge in [0.1, 0.15) is 6.61 Å². The largest absolute Gasteiger partial charge is 0.493 e. The Balaban J connectivity index is 1.81. The lowest BCUT2D eigenvalue weighted by Gasteiger charge is -2.13. The number of aromatic nitrogens is 3. The van der Waals surface area contributed by atoms with Crippen LogP contribution in [0.4, 0.5) is 0 Å². The standard InChI is InChI=1S/C21H23BrN4O2S/c1-3-4-10-19-24-25-21(29)26(19)23-13-16-11-17(22)20(18(12-16)27-2)28-14-15-8-6-5-7-9-15/h5-9,11-13H,3-4,10,14H2,1-2H3,(H,25,29). The zero-order chi connectivity index (χ0) is 20.6. The second kappa shape index (κ2) is 10.4. The third-order valence-corrected chi connectivity index (χ3v) is 5.12. The fraction of sp³-hybridized carbons (Fsp3) is 0.286. The molecule has 0 saturated heterocycles. The molecule has 0 unspecified atom stereocenters. The van der Waals surface area contributed by atoms with Crippen molar-refractivity contribution in [3.05, 3.63) is 68.7 Å². The lowest BCUT2D eigenvalue weighted by atomic mass is 10.2. The van der Waals surface area contributed by atoms with Crippen molar-refractivity contribution in [1.29, 1.82) is 0 Å². The molecular formula is C21H23BrN4O2S. The van der Waals surface area contributed by atoms with Crippen molar-refractivity contribution in [2.45, 2.75) is 32.8 Å². The molecule has 3 aromatic rings. The van der Waals surface area contributed by atoms with Crippen LogP contribution in [0, 0.1) is 4.77 Å². The first-order chi connectivity index (χ1) is 14.1. The number of hydrogen-bond donors (Lipinski definition) is 1. The van der Waals surface area contributed by atoms with Gasteiger partial charge in [-0.1, -0.05) is 43.7 Å². The van der Waals surface area contributed by atoms with Crippen molar-refractivity contribution in [2.24, 2.45) is 5.10 Å². The molecule has 0 bridgehead atoms. The van der Waals surface area contributed by atoms with E-state index in [4.69, 9.17) is 21.7 Å². The molecule has 8 heteroatoms. The lowest BCUT2D eigenvalue weighted by molar-refractivity contribution is 0.282. The normalized spacial score (nSPS) is 11.1. The molecule has 6 nitrogen and oxygen atoms in total. The molecule has 3 rings (SSSR count). The quantitative estimate of drug-likeness (QED) is 0.327. The highest BCUT2D eigenvalue weighted by Crippen LogP contribution is 2.36. The molecule has 0 aliphatic carbocycles. The molecule has 0 atom stereocenters. The Bertz CT molecular complexity index is 1030. The SMILES string of the molecule is CCCCc1n[nH]c(=S)n1N=Cc1cc(Br)c(OCc2ccccc2)c(OC)c1. The van der Waals surface area contributed by atoms with Crippen LogP contribution in [0.3, 0.4) is 0 Å². The van der Waals surface area contributed by atoms with Crippen LogP contribution in [0.2, 0.25) is 0 Å². The molecule has 2 aromatic carbocycles. The molecule has 1 aromatic heterocycles. The predicted octanol–water partition coefficient (Wildman–Crippen LogP) is 5.52. The summed E-state index contributed by atoms with van der Waals surface area (Å²) >= 11 is 8.87. The van der Waals surface area contributed by atoms with Crippen molar-refractivity contribution in [2.75, 3.05) is 7.11 Å². The van der Waals surface area contributed by atoms with E-state index in [1.165, 1.54) is 0 Å². The van der Waals surface area contributed by atoms with E-state index in [0.29, 0.717) is 22.9 Å². The Morgan fingerprint density at radius 3 is 2.79 bits per heavy atom. The van der Waals surface area contributed by atoms with E-state index in [2.05, 4.69) is 38.2 Å². The number of hydrogen-bond acceptors (Lipinski definition) is 5. The van der Waals surface area contributed by atoms with Gasteiger partial charge in [-0.25, -0.2) is 0 Å². The van der Waals surface area contributed by atoms with Gasteiger partial charge in [0.15, 0.2) is 17.3 Å². The van der Waals surface area contributed by atoms with Gasteiger partial charge in [-0.05, 0) is 57.8 Å². The third-order valence-electron chi connectivity index (χ3n) is 4.27. The number of unbranched alkanes of at least 4 members (excludes halogenated alkanes) is 1. The van der Waals surface area contributed by atoms with Crippen molar-refractivity contribution in [1.82, 2.24) is 14.9 Å². The smallest absolute Gasteiger partial charge is 0.216 e. The minimum atomic E-state index is 0.453. The van der Waals surface area contributed by atoms with Gasteiger partial charge >= 0.3 is 0 Å². The average molecular weight is 475 g/mol. The van der Waals surface area contributed by atoms with Crippen LogP contribution in [-0.2, 0) is 13.0 Å². The molecule has 1 heterocycles. The molecule has 0 amide bonds. The van der Waals surface area contributed by atoms with Crippen LogP contribution in [0.1, 0.15) is 36.7 Å². The van der Waals surface area contributed by atoms with Gasteiger partial charge in [0.25, 0.3) is 0 Å². The monoisotopic (exact) mass is 474 g/mol. The summed E-state index contributed by atoms with van der Waals surface area (Å²) < 4.78 is 14.4. The summed E-state index contributed by atoms with van der Waals surface area (Å²) in [5, 5.41) is 11.6. The third kappa shape index (κ3) is 5.55. The Morgan fingerprint density at radius 1 is 1.28 bits per heavy atom. The van der Waals surface area contributed by atoms with Gasteiger partial charge in [0.2, 0.25) is 4.77 Å². The number of ether oxygens (including phenoxy) is 2. The Morgan fingerprint density at radius 2 is 2.07 bits per heavy atom. The first-order valence-electron chi connectivity index (χ1n) is 9.37. The number of nitrogens with one attached hydrogen (secondary N) is 1. The van der Waals surface area contributed by atoms with Gasteiger partial charge in [0, 0.05) is 6.42 Å². The van der Waals surface area contributed by atoms with Crippen LogP contribution < -0.4 is 9.47 Å². The Hall–Kier alpha value is -2.45. The summed E-state index contributed by atoms with van der Waals surface area (Å²) in [5.74, 6) is 2.10. The van der Waals surface area contributed by atoms with Crippen molar-refractivity contribution in [3.8, 4) is 11.5 Å². The van der Waals surface area contributed by atoms with Crippen LogP contribution in [0.15, 0.2) is 52.0 Å². The number of methoxy groups -OCH3 is 1. The molecule has 0 aliphatic heterocycles. The van der Waals surface area contributed by atoms with Crippen molar-refractivity contribution < 1.29 is 9.47 Å². The number of rotatable bonds is 9. The summed E-state index contributed by atoms with van der Waals surface area (Å²) in [7, 11) is 1.62. The topological polar surface area (TPSA) is 64.4 Å². The number of H-pyrrole nitrogens is 1. The lowest BCUT2D eigenvalue weighted by Crippen LogP contribution is -2.01.